The van der Waals surface area contributed by atoms with Crippen molar-refractivity contribution in [2.45, 2.75) is 30.8 Å². The van der Waals surface area contributed by atoms with Crippen LogP contribution >= 0.6 is 11.3 Å². The fourth-order valence-corrected chi connectivity index (χ4v) is 5.56. The molecule has 0 aliphatic carbocycles. The van der Waals surface area contributed by atoms with E-state index in [9.17, 15) is 8.42 Å². The Labute approximate surface area is 153 Å². The lowest BCUT2D eigenvalue weighted by atomic mass is 10.1. The fraction of sp³-hybridized carbons (Fsp3) is 0.444. The van der Waals surface area contributed by atoms with E-state index in [1.54, 1.807) is 23.5 Å². The quantitative estimate of drug-likeness (QED) is 0.795. The van der Waals surface area contributed by atoms with Crippen molar-refractivity contribution < 1.29 is 18.1 Å². The predicted molar refractivity (Wildman–Crippen MR) is 99.5 cm³/mol. The summed E-state index contributed by atoms with van der Waals surface area (Å²) in [5, 5.41) is 2.05. The molecule has 1 fully saturated rings. The Balaban J connectivity index is 1.82. The summed E-state index contributed by atoms with van der Waals surface area (Å²) in [7, 11) is -3.54. The van der Waals surface area contributed by atoms with Crippen LogP contribution in [0.5, 0.6) is 0 Å². The maximum Gasteiger partial charge on any atom is 0.241 e. The first-order valence-corrected chi connectivity index (χ1v) is 10.9. The van der Waals surface area contributed by atoms with E-state index in [1.807, 2.05) is 37.4 Å². The Morgan fingerprint density at radius 3 is 2.44 bits per heavy atom. The van der Waals surface area contributed by atoms with Crippen LogP contribution in [0, 0.1) is 6.92 Å². The summed E-state index contributed by atoms with van der Waals surface area (Å²) in [6, 6.07) is 11.0. The maximum absolute atomic E-state index is 12.8. The van der Waals surface area contributed by atoms with Crippen molar-refractivity contribution in [3.63, 3.8) is 0 Å². The Morgan fingerprint density at radius 2 is 1.84 bits per heavy atom. The Bertz CT molecular complexity index is 767. The van der Waals surface area contributed by atoms with Gasteiger partial charge in [-0.1, -0.05) is 23.8 Å². The fourth-order valence-electron chi connectivity index (χ4n) is 3.31. The molecule has 2 atom stereocenters. The molecule has 0 saturated carbocycles. The Kier molecular flexibility index (Phi) is 5.91. The molecule has 1 aromatic carbocycles. The number of sulfonamides is 1. The number of thiophene rings is 1. The molecule has 2 N–H and O–H groups in total. The molecule has 1 aromatic heterocycles. The standard InChI is InChI=1S/C18H24N2O3S2/c1-14-5-7-16(8-6-14)25(21,22)19-15(2)18(17-4-3-13-24-17)20-9-11-23-12-10-20/h3-8,13,15,18-19H,9-12H2,1-2H3/p+1/t15-,18-/m1/s1. The Morgan fingerprint density at radius 1 is 1.16 bits per heavy atom. The molecule has 0 spiro atoms. The second-order valence-electron chi connectivity index (χ2n) is 6.49. The maximum atomic E-state index is 12.8. The van der Waals surface area contributed by atoms with Crippen LogP contribution in [0.3, 0.4) is 0 Å². The van der Waals surface area contributed by atoms with Crippen LogP contribution in [0.25, 0.3) is 0 Å². The average Bonchev–Trinajstić information content (AvgIpc) is 3.10. The van der Waals surface area contributed by atoms with Crippen molar-refractivity contribution in [2.24, 2.45) is 0 Å². The minimum absolute atomic E-state index is 0.0872. The van der Waals surface area contributed by atoms with Gasteiger partial charge in [-0.15, -0.1) is 11.3 Å². The first-order chi connectivity index (χ1) is 12.0. The SMILES string of the molecule is Cc1ccc(S(=O)(=O)N[C@H](C)[C@H](c2cccs2)[NH+]2CCOCC2)cc1. The van der Waals surface area contributed by atoms with Gasteiger partial charge in [-0.3, -0.25) is 0 Å². The number of benzene rings is 1. The van der Waals surface area contributed by atoms with Gasteiger partial charge in [0.15, 0.2) is 0 Å². The van der Waals surface area contributed by atoms with Gasteiger partial charge < -0.3 is 9.64 Å². The van der Waals surface area contributed by atoms with E-state index >= 15 is 0 Å². The molecule has 1 aliphatic heterocycles. The highest BCUT2D eigenvalue weighted by Crippen LogP contribution is 2.21. The zero-order valence-electron chi connectivity index (χ0n) is 14.6. The van der Waals surface area contributed by atoms with Crippen LogP contribution < -0.4 is 9.62 Å². The number of aryl methyl sites for hydroxylation is 1. The van der Waals surface area contributed by atoms with Gasteiger partial charge >= 0.3 is 0 Å². The summed E-state index contributed by atoms with van der Waals surface area (Å²) in [6.07, 6.45) is 0. The number of hydrogen-bond donors (Lipinski definition) is 2. The van der Waals surface area contributed by atoms with E-state index in [0.29, 0.717) is 18.1 Å². The highest BCUT2D eigenvalue weighted by molar-refractivity contribution is 7.89. The number of quaternary nitrogens is 1. The zero-order chi connectivity index (χ0) is 17.9. The van der Waals surface area contributed by atoms with Crippen LogP contribution in [0.4, 0.5) is 0 Å². The zero-order valence-corrected chi connectivity index (χ0v) is 16.2. The number of hydrogen-bond acceptors (Lipinski definition) is 4. The number of rotatable bonds is 6. The molecule has 2 heterocycles. The lowest BCUT2D eigenvalue weighted by Crippen LogP contribution is -3.15. The first kappa shape index (κ1) is 18.5. The van der Waals surface area contributed by atoms with E-state index in [0.717, 1.165) is 18.7 Å². The van der Waals surface area contributed by atoms with Crippen molar-refractivity contribution in [3.05, 3.63) is 52.2 Å². The molecule has 25 heavy (non-hydrogen) atoms. The molecule has 7 heteroatoms. The molecule has 0 bridgehead atoms. The van der Waals surface area contributed by atoms with Crippen molar-refractivity contribution in [1.82, 2.24) is 4.72 Å². The summed E-state index contributed by atoms with van der Waals surface area (Å²) >= 11 is 1.68. The van der Waals surface area contributed by atoms with Crippen LogP contribution in [0.1, 0.15) is 23.4 Å². The normalized spacial score (nSPS) is 18.8. The molecular formula is C18H25N2O3S2+. The predicted octanol–water partition coefficient (Wildman–Crippen LogP) is 1.38. The highest BCUT2D eigenvalue weighted by atomic mass is 32.2. The molecule has 0 amide bonds. The lowest BCUT2D eigenvalue weighted by Gasteiger charge is -2.34. The van der Waals surface area contributed by atoms with Gasteiger partial charge in [-0.25, -0.2) is 13.1 Å². The van der Waals surface area contributed by atoms with E-state index in [1.165, 1.54) is 9.78 Å². The highest BCUT2D eigenvalue weighted by Gasteiger charge is 2.34. The van der Waals surface area contributed by atoms with Gasteiger partial charge in [-0.2, -0.15) is 0 Å². The molecule has 5 nitrogen and oxygen atoms in total. The van der Waals surface area contributed by atoms with Crippen molar-refractivity contribution >= 4 is 21.4 Å². The number of nitrogens with one attached hydrogen (secondary N) is 2. The van der Waals surface area contributed by atoms with E-state index in [-0.39, 0.29) is 12.1 Å². The van der Waals surface area contributed by atoms with Crippen LogP contribution in [-0.2, 0) is 14.8 Å². The third-order valence-corrected chi connectivity index (χ3v) is 7.13. The van der Waals surface area contributed by atoms with Crippen LogP contribution in [-0.4, -0.2) is 40.8 Å². The molecule has 1 aliphatic rings. The minimum atomic E-state index is -3.54. The third kappa shape index (κ3) is 4.48. The van der Waals surface area contributed by atoms with Crippen molar-refractivity contribution in [1.29, 1.82) is 0 Å². The van der Waals surface area contributed by atoms with Gasteiger partial charge in [-0.05, 0) is 37.4 Å². The first-order valence-electron chi connectivity index (χ1n) is 8.52. The van der Waals surface area contributed by atoms with Gasteiger partial charge in [0.25, 0.3) is 0 Å². The molecule has 136 valence electrons. The summed E-state index contributed by atoms with van der Waals surface area (Å²) in [6.45, 7) is 7.11. The van der Waals surface area contributed by atoms with Crippen LogP contribution in [0.2, 0.25) is 0 Å². The lowest BCUT2D eigenvalue weighted by molar-refractivity contribution is -0.939. The van der Waals surface area contributed by atoms with E-state index < -0.39 is 10.0 Å². The van der Waals surface area contributed by atoms with Crippen LogP contribution in [0.15, 0.2) is 46.7 Å². The third-order valence-electron chi connectivity index (χ3n) is 4.60. The average molecular weight is 382 g/mol. The summed E-state index contributed by atoms with van der Waals surface area (Å²) < 4.78 is 33.9. The molecule has 1 saturated heterocycles. The largest absolute Gasteiger partial charge is 0.370 e. The summed E-state index contributed by atoms with van der Waals surface area (Å²) in [5.74, 6) is 0. The second kappa shape index (κ2) is 7.97. The Hall–Kier alpha value is -1.25. The van der Waals surface area contributed by atoms with Crippen molar-refractivity contribution in [2.75, 3.05) is 26.3 Å². The minimum Gasteiger partial charge on any atom is -0.370 e. The van der Waals surface area contributed by atoms with Crippen molar-refractivity contribution in [3.8, 4) is 0 Å². The van der Waals surface area contributed by atoms with Gasteiger partial charge in [0.1, 0.15) is 19.1 Å². The smallest absolute Gasteiger partial charge is 0.241 e. The molecule has 0 radical (unpaired) electrons. The second-order valence-corrected chi connectivity index (χ2v) is 9.18. The van der Waals surface area contributed by atoms with E-state index in [2.05, 4.69) is 10.8 Å². The molecule has 0 unspecified atom stereocenters. The van der Waals surface area contributed by atoms with Gasteiger partial charge in [0, 0.05) is 0 Å². The monoisotopic (exact) mass is 381 g/mol. The molecule has 2 aromatic rings. The van der Waals surface area contributed by atoms with Gasteiger partial charge in [0.2, 0.25) is 10.0 Å². The topological polar surface area (TPSA) is 59.8 Å². The van der Waals surface area contributed by atoms with Gasteiger partial charge in [0.05, 0.1) is 29.0 Å². The molecule has 3 rings (SSSR count). The number of morpholine rings is 1. The molecular weight excluding hydrogens is 356 g/mol. The number of ether oxygens (including phenoxy) is 1. The summed E-state index contributed by atoms with van der Waals surface area (Å²) in [4.78, 5) is 2.88. The van der Waals surface area contributed by atoms with E-state index in [4.69, 9.17) is 4.74 Å². The summed E-state index contributed by atoms with van der Waals surface area (Å²) in [5.41, 5.74) is 1.04.